The van der Waals surface area contributed by atoms with Gasteiger partial charge in [0, 0.05) is 31.0 Å². The summed E-state index contributed by atoms with van der Waals surface area (Å²) in [4.78, 5) is 18.2. The molecule has 2 N–H and O–H groups in total. The number of morpholine rings is 1. The first-order valence-electron chi connectivity index (χ1n) is 9.52. The number of hydrazone groups is 1. The minimum atomic E-state index is -0.210. The fraction of sp³-hybridized carbons (Fsp3) is 0.579. The molecule has 2 aliphatic heterocycles. The predicted molar refractivity (Wildman–Crippen MR) is 98.7 cm³/mol. The summed E-state index contributed by atoms with van der Waals surface area (Å²) in [7, 11) is 0. The smallest absolute Gasteiger partial charge is 0.277 e. The molecule has 0 atom stereocenters. The van der Waals surface area contributed by atoms with Gasteiger partial charge in [0.15, 0.2) is 0 Å². The zero-order valence-electron chi connectivity index (χ0n) is 15.3. The van der Waals surface area contributed by atoms with E-state index < -0.39 is 0 Å². The molecule has 1 aromatic heterocycles. The number of hydrogen-bond donors (Lipinski definition) is 2. The molecular formula is C19H26N4O3. The first-order valence-corrected chi connectivity index (χ1v) is 9.52. The zero-order valence-corrected chi connectivity index (χ0v) is 15.3. The van der Waals surface area contributed by atoms with E-state index >= 15 is 0 Å². The number of aromatic nitrogens is 1. The first kappa shape index (κ1) is 17.3. The van der Waals surface area contributed by atoms with Gasteiger partial charge in [0.1, 0.15) is 5.57 Å². The van der Waals surface area contributed by atoms with Crippen LogP contribution in [0.1, 0.15) is 42.3 Å². The Morgan fingerprint density at radius 2 is 2.08 bits per heavy atom. The van der Waals surface area contributed by atoms with Gasteiger partial charge in [-0.05, 0) is 49.8 Å². The van der Waals surface area contributed by atoms with Crippen molar-refractivity contribution in [2.75, 3.05) is 32.9 Å². The summed E-state index contributed by atoms with van der Waals surface area (Å²) < 4.78 is 11.0. The van der Waals surface area contributed by atoms with E-state index in [1.807, 2.05) is 13.0 Å². The number of fused-ring (bicyclic) bond motifs is 1. The largest absolute Gasteiger partial charge is 0.476 e. The molecule has 1 aromatic rings. The molecule has 7 heteroatoms. The summed E-state index contributed by atoms with van der Waals surface area (Å²) in [5.74, 6) is 0.167. The van der Waals surface area contributed by atoms with Crippen LogP contribution < -0.4 is 5.43 Å². The standard InChI is InChI=1S/C19H26N4O3/c1-2-26-19-14(18(24)21-22-19)11-17-15(12-23-7-9-25-10-8-23)13-5-3-4-6-16(13)20-17/h11,20H,2-10,12H2,1H3,(H,21,24). The zero-order chi connectivity index (χ0) is 17.9. The Morgan fingerprint density at radius 1 is 1.27 bits per heavy atom. The van der Waals surface area contributed by atoms with Crippen LogP contribution in [0.15, 0.2) is 10.7 Å². The second-order valence-corrected chi connectivity index (χ2v) is 6.92. The van der Waals surface area contributed by atoms with Crippen LogP contribution >= 0.6 is 0 Å². The quantitative estimate of drug-likeness (QED) is 0.801. The van der Waals surface area contributed by atoms with Crippen LogP contribution in [0, 0.1) is 0 Å². The lowest BCUT2D eigenvalue weighted by Crippen LogP contribution is -2.36. The van der Waals surface area contributed by atoms with Crippen LogP contribution in [0.3, 0.4) is 0 Å². The Bertz CT molecular complexity index is 744. The predicted octanol–water partition coefficient (Wildman–Crippen LogP) is 1.59. The van der Waals surface area contributed by atoms with E-state index in [0.717, 1.165) is 51.4 Å². The third kappa shape index (κ3) is 3.41. The maximum absolute atomic E-state index is 12.2. The third-order valence-electron chi connectivity index (χ3n) is 5.23. The normalized spacial score (nSPS) is 22.3. The molecule has 1 amide bonds. The van der Waals surface area contributed by atoms with Gasteiger partial charge >= 0.3 is 0 Å². The van der Waals surface area contributed by atoms with E-state index in [4.69, 9.17) is 9.47 Å². The second kappa shape index (κ2) is 7.63. The minimum absolute atomic E-state index is 0.210. The maximum atomic E-state index is 12.2. The molecule has 0 spiro atoms. The van der Waals surface area contributed by atoms with Crippen LogP contribution in [-0.4, -0.2) is 54.6 Å². The molecule has 7 nitrogen and oxygen atoms in total. The molecule has 0 unspecified atom stereocenters. The highest BCUT2D eigenvalue weighted by Gasteiger charge is 2.27. The summed E-state index contributed by atoms with van der Waals surface area (Å²) in [5, 5.41) is 4.00. The van der Waals surface area contributed by atoms with Crippen molar-refractivity contribution in [2.24, 2.45) is 5.10 Å². The number of carbonyl (C=O) groups is 1. The number of aryl methyl sites for hydroxylation is 1. The Labute approximate surface area is 153 Å². The highest BCUT2D eigenvalue weighted by atomic mass is 16.5. The Hall–Kier alpha value is -2.12. The Morgan fingerprint density at radius 3 is 2.88 bits per heavy atom. The van der Waals surface area contributed by atoms with Gasteiger partial charge in [-0.1, -0.05) is 0 Å². The molecule has 0 aromatic carbocycles. The van der Waals surface area contributed by atoms with Crippen LogP contribution in [-0.2, 0) is 33.7 Å². The second-order valence-electron chi connectivity index (χ2n) is 6.92. The third-order valence-corrected chi connectivity index (χ3v) is 5.23. The average molecular weight is 358 g/mol. The number of H-pyrrole nitrogens is 1. The minimum Gasteiger partial charge on any atom is -0.476 e. The summed E-state index contributed by atoms with van der Waals surface area (Å²) in [6.45, 7) is 6.72. The highest BCUT2D eigenvalue weighted by Crippen LogP contribution is 2.30. The van der Waals surface area contributed by atoms with E-state index in [1.54, 1.807) is 0 Å². The van der Waals surface area contributed by atoms with Crippen LogP contribution in [0.4, 0.5) is 0 Å². The van der Waals surface area contributed by atoms with Crippen molar-refractivity contribution in [3.63, 3.8) is 0 Å². The molecule has 26 heavy (non-hydrogen) atoms. The summed E-state index contributed by atoms with van der Waals surface area (Å²) >= 11 is 0. The summed E-state index contributed by atoms with van der Waals surface area (Å²) in [5.41, 5.74) is 8.08. The number of ether oxygens (including phenoxy) is 2. The van der Waals surface area contributed by atoms with E-state index in [2.05, 4.69) is 20.4 Å². The van der Waals surface area contributed by atoms with Crippen molar-refractivity contribution in [3.8, 4) is 0 Å². The van der Waals surface area contributed by atoms with Crippen molar-refractivity contribution in [2.45, 2.75) is 39.2 Å². The van der Waals surface area contributed by atoms with Crippen molar-refractivity contribution >= 4 is 17.9 Å². The lowest BCUT2D eigenvalue weighted by Gasteiger charge is -2.27. The van der Waals surface area contributed by atoms with Gasteiger partial charge in [-0.25, -0.2) is 5.43 Å². The van der Waals surface area contributed by atoms with E-state index in [0.29, 0.717) is 18.1 Å². The monoisotopic (exact) mass is 358 g/mol. The van der Waals surface area contributed by atoms with Crippen LogP contribution in [0.25, 0.3) is 6.08 Å². The van der Waals surface area contributed by atoms with Crippen molar-refractivity contribution < 1.29 is 14.3 Å². The molecular weight excluding hydrogens is 332 g/mol. The average Bonchev–Trinajstić information content (AvgIpc) is 3.18. The Kier molecular flexibility index (Phi) is 5.08. The van der Waals surface area contributed by atoms with Gasteiger partial charge in [-0.2, -0.15) is 0 Å². The summed E-state index contributed by atoms with van der Waals surface area (Å²) in [6, 6.07) is 0. The number of carbonyl (C=O) groups excluding carboxylic acids is 1. The van der Waals surface area contributed by atoms with Gasteiger partial charge in [-0.15, -0.1) is 5.10 Å². The Balaban J connectivity index is 1.68. The lowest BCUT2D eigenvalue weighted by atomic mass is 9.94. The van der Waals surface area contributed by atoms with Gasteiger partial charge in [-0.3, -0.25) is 9.69 Å². The maximum Gasteiger partial charge on any atom is 0.277 e. The topological polar surface area (TPSA) is 78.9 Å². The molecule has 0 radical (unpaired) electrons. The molecule has 1 fully saturated rings. The molecule has 3 heterocycles. The van der Waals surface area contributed by atoms with Crippen LogP contribution in [0.2, 0.25) is 0 Å². The lowest BCUT2D eigenvalue weighted by molar-refractivity contribution is -0.116. The molecule has 1 saturated heterocycles. The number of aromatic amines is 1. The number of nitrogens with zero attached hydrogens (tertiary/aromatic N) is 2. The number of nitrogens with one attached hydrogen (secondary N) is 2. The highest BCUT2D eigenvalue weighted by molar-refractivity contribution is 6.24. The molecule has 1 aliphatic carbocycles. The van der Waals surface area contributed by atoms with E-state index in [1.165, 1.54) is 29.7 Å². The van der Waals surface area contributed by atoms with E-state index in [-0.39, 0.29) is 5.91 Å². The van der Waals surface area contributed by atoms with Crippen molar-refractivity contribution in [1.82, 2.24) is 15.3 Å². The SMILES string of the molecule is CCOC1=NNC(=O)C1=Cc1[nH]c2c(c1CN1CCOCC1)CCCC2. The van der Waals surface area contributed by atoms with Gasteiger partial charge in [0.25, 0.3) is 5.91 Å². The number of hydrogen-bond acceptors (Lipinski definition) is 5. The van der Waals surface area contributed by atoms with Gasteiger partial charge < -0.3 is 14.5 Å². The van der Waals surface area contributed by atoms with E-state index in [9.17, 15) is 4.79 Å². The van der Waals surface area contributed by atoms with Crippen LogP contribution in [0.5, 0.6) is 0 Å². The molecule has 4 rings (SSSR count). The molecule has 140 valence electrons. The van der Waals surface area contributed by atoms with Gasteiger partial charge in [0.05, 0.1) is 19.8 Å². The summed E-state index contributed by atoms with van der Waals surface area (Å²) in [6.07, 6.45) is 6.53. The number of amides is 1. The first-order chi connectivity index (χ1) is 12.8. The number of rotatable bonds is 4. The molecule has 0 bridgehead atoms. The van der Waals surface area contributed by atoms with Crippen molar-refractivity contribution in [1.29, 1.82) is 0 Å². The fourth-order valence-corrected chi connectivity index (χ4v) is 3.90. The molecule has 3 aliphatic rings. The van der Waals surface area contributed by atoms with Gasteiger partial charge in [0.2, 0.25) is 5.90 Å². The fourth-order valence-electron chi connectivity index (χ4n) is 3.90. The van der Waals surface area contributed by atoms with Crippen molar-refractivity contribution in [3.05, 3.63) is 28.1 Å². The molecule has 0 saturated carbocycles.